The number of amides is 1. The molecule has 0 spiro atoms. The van der Waals surface area contributed by atoms with Crippen LogP contribution in [0.2, 0.25) is 0 Å². The van der Waals surface area contributed by atoms with Gasteiger partial charge in [-0.15, -0.1) is 0 Å². The first-order valence-corrected chi connectivity index (χ1v) is 8.04. The van der Waals surface area contributed by atoms with E-state index in [1.54, 1.807) is 14.0 Å². The monoisotopic (exact) mass is 327 g/mol. The largest absolute Gasteiger partial charge is 0.481 e. The van der Waals surface area contributed by atoms with Crippen LogP contribution in [0.5, 0.6) is 5.75 Å². The summed E-state index contributed by atoms with van der Waals surface area (Å²) < 4.78 is 11.0. The van der Waals surface area contributed by atoms with Crippen molar-refractivity contribution in [2.24, 2.45) is 0 Å². The Kier molecular flexibility index (Phi) is 5.99. The average Bonchev–Trinajstić information content (AvgIpc) is 2.52. The molecule has 24 heavy (non-hydrogen) atoms. The maximum absolute atomic E-state index is 12.4. The van der Waals surface area contributed by atoms with Crippen LogP contribution in [0.15, 0.2) is 36.4 Å². The number of anilines is 1. The fourth-order valence-electron chi connectivity index (χ4n) is 2.52. The van der Waals surface area contributed by atoms with Gasteiger partial charge < -0.3 is 14.8 Å². The zero-order valence-corrected chi connectivity index (χ0v) is 15.0. The third-order valence-electron chi connectivity index (χ3n) is 3.94. The summed E-state index contributed by atoms with van der Waals surface area (Å²) in [6.45, 7) is 8.33. The minimum Gasteiger partial charge on any atom is -0.481 e. The number of aryl methyl sites for hydroxylation is 2. The first kappa shape index (κ1) is 18.0. The summed E-state index contributed by atoms with van der Waals surface area (Å²) in [7, 11) is 1.65. The molecule has 2 aromatic rings. The number of methoxy groups -OCH3 is 1. The van der Waals surface area contributed by atoms with Gasteiger partial charge in [0.2, 0.25) is 0 Å². The lowest BCUT2D eigenvalue weighted by molar-refractivity contribution is -0.122. The predicted molar refractivity (Wildman–Crippen MR) is 96.5 cm³/mol. The molecule has 0 aliphatic rings. The molecule has 4 heteroatoms. The van der Waals surface area contributed by atoms with Crippen LogP contribution in [0, 0.1) is 20.8 Å². The molecule has 0 bridgehead atoms. The van der Waals surface area contributed by atoms with Crippen molar-refractivity contribution in [3.63, 3.8) is 0 Å². The van der Waals surface area contributed by atoms with Gasteiger partial charge in [0.15, 0.2) is 6.10 Å². The third kappa shape index (κ3) is 4.59. The second kappa shape index (κ2) is 7.97. The SMILES string of the molecule is COCc1cccc(NC(=O)[C@H](C)Oc2cc(C)cc(C)c2C)c1. The van der Waals surface area contributed by atoms with E-state index in [1.165, 1.54) is 0 Å². The molecule has 0 aliphatic carbocycles. The van der Waals surface area contributed by atoms with Gasteiger partial charge in [0, 0.05) is 12.8 Å². The Labute approximate surface area is 143 Å². The van der Waals surface area contributed by atoms with Crippen LogP contribution in [0.4, 0.5) is 5.69 Å². The predicted octanol–water partition coefficient (Wildman–Crippen LogP) is 4.16. The fourth-order valence-corrected chi connectivity index (χ4v) is 2.52. The summed E-state index contributed by atoms with van der Waals surface area (Å²) in [4.78, 5) is 12.4. The normalized spacial score (nSPS) is 11.9. The number of carbonyl (C=O) groups is 1. The molecule has 0 saturated heterocycles. The standard InChI is InChI=1S/C20H25NO3/c1-13-9-14(2)15(3)19(10-13)24-16(4)20(22)21-18-8-6-7-17(11-18)12-23-5/h6-11,16H,12H2,1-5H3,(H,21,22)/t16-/m0/s1. The van der Waals surface area contributed by atoms with Crippen molar-refractivity contribution in [2.75, 3.05) is 12.4 Å². The second-order valence-electron chi connectivity index (χ2n) is 6.09. The maximum atomic E-state index is 12.4. The molecule has 0 fully saturated rings. The molecular formula is C20H25NO3. The first-order chi connectivity index (χ1) is 11.4. The Morgan fingerprint density at radius 2 is 1.92 bits per heavy atom. The van der Waals surface area contributed by atoms with Gasteiger partial charge in [-0.3, -0.25) is 4.79 Å². The van der Waals surface area contributed by atoms with Gasteiger partial charge in [0.25, 0.3) is 5.91 Å². The van der Waals surface area contributed by atoms with Crippen LogP contribution in [0.3, 0.4) is 0 Å². The van der Waals surface area contributed by atoms with E-state index in [0.29, 0.717) is 6.61 Å². The smallest absolute Gasteiger partial charge is 0.265 e. The van der Waals surface area contributed by atoms with E-state index < -0.39 is 6.10 Å². The molecule has 0 aromatic heterocycles. The van der Waals surface area contributed by atoms with E-state index in [0.717, 1.165) is 33.7 Å². The van der Waals surface area contributed by atoms with Gasteiger partial charge in [-0.2, -0.15) is 0 Å². The Hall–Kier alpha value is -2.33. The van der Waals surface area contributed by atoms with Gasteiger partial charge in [-0.05, 0) is 68.1 Å². The van der Waals surface area contributed by atoms with Crippen molar-refractivity contribution in [1.29, 1.82) is 0 Å². The highest BCUT2D eigenvalue weighted by molar-refractivity contribution is 5.94. The number of hydrogen-bond acceptors (Lipinski definition) is 3. The van der Waals surface area contributed by atoms with Crippen LogP contribution >= 0.6 is 0 Å². The Morgan fingerprint density at radius 1 is 1.17 bits per heavy atom. The van der Waals surface area contributed by atoms with Crippen molar-refractivity contribution >= 4 is 11.6 Å². The first-order valence-electron chi connectivity index (χ1n) is 8.04. The van der Waals surface area contributed by atoms with Crippen LogP contribution in [0.1, 0.15) is 29.2 Å². The lowest BCUT2D eigenvalue weighted by Gasteiger charge is -2.18. The topological polar surface area (TPSA) is 47.6 Å². The van der Waals surface area contributed by atoms with E-state index in [9.17, 15) is 4.79 Å². The Balaban J connectivity index is 2.06. The van der Waals surface area contributed by atoms with Gasteiger partial charge in [-0.1, -0.05) is 18.2 Å². The molecule has 1 atom stereocenters. The highest BCUT2D eigenvalue weighted by Gasteiger charge is 2.17. The quantitative estimate of drug-likeness (QED) is 0.866. The zero-order valence-electron chi connectivity index (χ0n) is 15.0. The molecule has 2 rings (SSSR count). The molecule has 0 saturated carbocycles. The third-order valence-corrected chi connectivity index (χ3v) is 3.94. The number of nitrogens with one attached hydrogen (secondary N) is 1. The summed E-state index contributed by atoms with van der Waals surface area (Å²) in [5.41, 5.74) is 5.08. The maximum Gasteiger partial charge on any atom is 0.265 e. The fraction of sp³-hybridized carbons (Fsp3) is 0.350. The minimum absolute atomic E-state index is 0.178. The van der Waals surface area contributed by atoms with Crippen LogP contribution in [0.25, 0.3) is 0 Å². The highest BCUT2D eigenvalue weighted by atomic mass is 16.5. The van der Waals surface area contributed by atoms with E-state index in [2.05, 4.69) is 11.4 Å². The number of ether oxygens (including phenoxy) is 2. The van der Waals surface area contributed by atoms with E-state index in [4.69, 9.17) is 9.47 Å². The van der Waals surface area contributed by atoms with E-state index in [-0.39, 0.29) is 5.91 Å². The lowest BCUT2D eigenvalue weighted by Crippen LogP contribution is -2.30. The zero-order chi connectivity index (χ0) is 17.7. The van der Waals surface area contributed by atoms with Crippen molar-refractivity contribution in [2.45, 2.75) is 40.4 Å². The van der Waals surface area contributed by atoms with Crippen LogP contribution < -0.4 is 10.1 Å². The lowest BCUT2D eigenvalue weighted by atomic mass is 10.1. The van der Waals surface area contributed by atoms with Crippen molar-refractivity contribution in [3.8, 4) is 5.75 Å². The van der Waals surface area contributed by atoms with Crippen LogP contribution in [-0.2, 0) is 16.1 Å². The van der Waals surface area contributed by atoms with Gasteiger partial charge in [0.1, 0.15) is 5.75 Å². The summed E-state index contributed by atoms with van der Waals surface area (Å²) in [5, 5.41) is 2.89. The Morgan fingerprint density at radius 3 is 2.62 bits per heavy atom. The number of benzene rings is 2. The van der Waals surface area contributed by atoms with E-state index in [1.807, 2.05) is 51.1 Å². The Bertz CT molecular complexity index is 725. The number of rotatable bonds is 6. The van der Waals surface area contributed by atoms with Crippen molar-refractivity contribution in [1.82, 2.24) is 0 Å². The molecule has 0 unspecified atom stereocenters. The molecule has 0 heterocycles. The minimum atomic E-state index is -0.587. The summed E-state index contributed by atoms with van der Waals surface area (Å²) >= 11 is 0. The number of hydrogen-bond donors (Lipinski definition) is 1. The summed E-state index contributed by atoms with van der Waals surface area (Å²) in [5.74, 6) is 0.575. The summed E-state index contributed by atoms with van der Waals surface area (Å²) in [6.07, 6.45) is -0.587. The second-order valence-corrected chi connectivity index (χ2v) is 6.09. The molecule has 128 valence electrons. The molecule has 1 amide bonds. The molecule has 4 nitrogen and oxygen atoms in total. The van der Waals surface area contributed by atoms with Crippen molar-refractivity contribution < 1.29 is 14.3 Å². The van der Waals surface area contributed by atoms with Crippen LogP contribution in [-0.4, -0.2) is 19.1 Å². The molecule has 2 aromatic carbocycles. The van der Waals surface area contributed by atoms with Gasteiger partial charge >= 0.3 is 0 Å². The molecule has 0 aliphatic heterocycles. The number of carbonyl (C=O) groups excluding carboxylic acids is 1. The molecule has 1 N–H and O–H groups in total. The molecule has 0 radical (unpaired) electrons. The van der Waals surface area contributed by atoms with Crippen molar-refractivity contribution in [3.05, 3.63) is 58.7 Å². The van der Waals surface area contributed by atoms with E-state index >= 15 is 0 Å². The molecular weight excluding hydrogens is 302 g/mol. The van der Waals surface area contributed by atoms with Gasteiger partial charge in [-0.25, -0.2) is 0 Å². The summed E-state index contributed by atoms with van der Waals surface area (Å²) in [6, 6.07) is 11.7. The van der Waals surface area contributed by atoms with Gasteiger partial charge in [0.05, 0.1) is 6.61 Å². The average molecular weight is 327 g/mol. The highest BCUT2D eigenvalue weighted by Crippen LogP contribution is 2.24.